The van der Waals surface area contributed by atoms with E-state index in [1.165, 1.54) is 0 Å². The molecule has 0 bridgehead atoms. The van der Waals surface area contributed by atoms with E-state index in [0.29, 0.717) is 17.3 Å². The molecule has 0 aliphatic carbocycles. The molecule has 4 nitrogen and oxygen atoms in total. The van der Waals surface area contributed by atoms with Crippen molar-refractivity contribution >= 4 is 17.4 Å². The summed E-state index contributed by atoms with van der Waals surface area (Å²) in [5, 5.41) is 4.54. The molecule has 0 saturated heterocycles. The maximum absolute atomic E-state index is 5.90. The number of halogens is 1. The van der Waals surface area contributed by atoms with Crippen LogP contribution in [-0.2, 0) is 12.8 Å². The summed E-state index contributed by atoms with van der Waals surface area (Å²) in [4.78, 5) is 0. The second-order valence-corrected chi connectivity index (χ2v) is 4.89. The van der Waals surface area contributed by atoms with E-state index in [1.807, 2.05) is 36.4 Å². The first-order valence-corrected chi connectivity index (χ1v) is 6.64. The summed E-state index contributed by atoms with van der Waals surface area (Å²) in [6.07, 6.45) is 3.07. The van der Waals surface area contributed by atoms with E-state index in [0.717, 1.165) is 29.1 Å². The molecule has 0 fully saturated rings. The molecule has 2 aromatic heterocycles. The summed E-state index contributed by atoms with van der Waals surface area (Å²) < 4.78 is 10.6. The number of hydrogen-bond donors (Lipinski definition) is 1. The first-order chi connectivity index (χ1) is 9.74. The Morgan fingerprint density at radius 1 is 1.10 bits per heavy atom. The zero-order valence-electron chi connectivity index (χ0n) is 10.7. The van der Waals surface area contributed by atoms with Gasteiger partial charge in [-0.3, -0.25) is 0 Å². The van der Waals surface area contributed by atoms with Crippen LogP contribution in [0.1, 0.15) is 11.5 Å². The number of hydrogen-bond acceptors (Lipinski definition) is 4. The van der Waals surface area contributed by atoms with Crippen LogP contribution in [0.3, 0.4) is 0 Å². The van der Waals surface area contributed by atoms with Crippen LogP contribution in [0.4, 0.5) is 5.82 Å². The van der Waals surface area contributed by atoms with Crippen molar-refractivity contribution in [1.82, 2.24) is 5.16 Å². The van der Waals surface area contributed by atoms with Gasteiger partial charge in [0.25, 0.3) is 0 Å². The predicted octanol–water partition coefficient (Wildman–Crippen LogP) is 3.96. The van der Waals surface area contributed by atoms with Crippen molar-refractivity contribution in [2.75, 3.05) is 5.73 Å². The number of anilines is 1. The van der Waals surface area contributed by atoms with Crippen molar-refractivity contribution in [3.8, 4) is 11.1 Å². The molecule has 102 valence electrons. The third-order valence-corrected chi connectivity index (χ3v) is 3.35. The highest BCUT2D eigenvalue weighted by Gasteiger charge is 2.16. The first kappa shape index (κ1) is 12.8. The van der Waals surface area contributed by atoms with Crippen molar-refractivity contribution in [3.63, 3.8) is 0 Å². The van der Waals surface area contributed by atoms with Gasteiger partial charge in [0.2, 0.25) is 0 Å². The standard InChI is InChI=1S/C15H13ClN2O2/c16-11-5-3-10(4-6-11)14-13(20-18-15(14)17)8-7-12-2-1-9-19-12/h1-6,9H,7-8H2,(H2,17,18). The van der Waals surface area contributed by atoms with Crippen LogP contribution in [0, 0.1) is 0 Å². The Kier molecular flexibility index (Phi) is 3.48. The fourth-order valence-electron chi connectivity index (χ4n) is 2.13. The van der Waals surface area contributed by atoms with Crippen LogP contribution in [0.2, 0.25) is 5.02 Å². The van der Waals surface area contributed by atoms with Gasteiger partial charge in [0.05, 0.1) is 11.8 Å². The van der Waals surface area contributed by atoms with Crippen LogP contribution in [0.5, 0.6) is 0 Å². The molecule has 5 heteroatoms. The molecular formula is C15H13ClN2O2. The average molecular weight is 289 g/mol. The molecular weight excluding hydrogens is 276 g/mol. The molecule has 0 saturated carbocycles. The lowest BCUT2D eigenvalue weighted by Crippen LogP contribution is -1.93. The largest absolute Gasteiger partial charge is 0.469 e. The summed E-state index contributed by atoms with van der Waals surface area (Å²) in [6, 6.07) is 11.2. The van der Waals surface area contributed by atoms with E-state index in [4.69, 9.17) is 26.3 Å². The molecule has 20 heavy (non-hydrogen) atoms. The molecule has 2 N–H and O–H groups in total. The average Bonchev–Trinajstić information content (AvgIpc) is 3.07. The minimum atomic E-state index is 0.391. The number of nitrogens with two attached hydrogens (primary N) is 1. The fourth-order valence-corrected chi connectivity index (χ4v) is 2.25. The maximum atomic E-state index is 5.90. The molecule has 0 aliphatic heterocycles. The van der Waals surface area contributed by atoms with Gasteiger partial charge in [-0.05, 0) is 29.8 Å². The lowest BCUT2D eigenvalue weighted by atomic mass is 10.0. The Hall–Kier alpha value is -2.20. The van der Waals surface area contributed by atoms with Gasteiger partial charge in [-0.2, -0.15) is 0 Å². The lowest BCUT2D eigenvalue weighted by molar-refractivity contribution is 0.382. The monoisotopic (exact) mass is 288 g/mol. The molecule has 0 amide bonds. The Morgan fingerprint density at radius 3 is 2.60 bits per heavy atom. The Labute approximate surface area is 121 Å². The summed E-state index contributed by atoms with van der Waals surface area (Å²) >= 11 is 5.90. The van der Waals surface area contributed by atoms with Gasteiger partial charge in [-0.25, -0.2) is 0 Å². The van der Waals surface area contributed by atoms with E-state index >= 15 is 0 Å². The maximum Gasteiger partial charge on any atom is 0.175 e. The summed E-state index contributed by atoms with van der Waals surface area (Å²) in [6.45, 7) is 0. The molecule has 3 aromatic rings. The number of rotatable bonds is 4. The highest BCUT2D eigenvalue weighted by Crippen LogP contribution is 2.31. The fraction of sp³-hybridized carbons (Fsp3) is 0.133. The van der Waals surface area contributed by atoms with Gasteiger partial charge >= 0.3 is 0 Å². The van der Waals surface area contributed by atoms with Crippen LogP contribution in [0.25, 0.3) is 11.1 Å². The number of furan rings is 1. The molecule has 0 radical (unpaired) electrons. The Morgan fingerprint density at radius 2 is 1.90 bits per heavy atom. The van der Waals surface area contributed by atoms with Gasteiger partial charge < -0.3 is 14.7 Å². The van der Waals surface area contributed by atoms with Crippen LogP contribution in [0.15, 0.2) is 51.6 Å². The third kappa shape index (κ3) is 2.56. The summed E-state index contributed by atoms with van der Waals surface area (Å²) in [5.41, 5.74) is 7.67. The molecule has 0 atom stereocenters. The van der Waals surface area contributed by atoms with Crippen LogP contribution < -0.4 is 5.73 Å². The van der Waals surface area contributed by atoms with E-state index in [2.05, 4.69) is 5.16 Å². The minimum Gasteiger partial charge on any atom is -0.469 e. The minimum absolute atomic E-state index is 0.391. The number of nitrogens with zero attached hydrogens (tertiary/aromatic N) is 1. The quantitative estimate of drug-likeness (QED) is 0.789. The molecule has 0 aliphatic rings. The Balaban J connectivity index is 1.87. The van der Waals surface area contributed by atoms with Gasteiger partial charge in [0.1, 0.15) is 11.5 Å². The lowest BCUT2D eigenvalue weighted by Gasteiger charge is -2.02. The van der Waals surface area contributed by atoms with E-state index in [1.54, 1.807) is 6.26 Å². The smallest absolute Gasteiger partial charge is 0.175 e. The van der Waals surface area contributed by atoms with E-state index in [-0.39, 0.29) is 0 Å². The predicted molar refractivity (Wildman–Crippen MR) is 77.5 cm³/mol. The Bertz CT molecular complexity index is 687. The molecule has 1 aromatic carbocycles. The van der Waals surface area contributed by atoms with Crippen molar-refractivity contribution in [2.45, 2.75) is 12.8 Å². The van der Waals surface area contributed by atoms with Gasteiger partial charge in [-0.1, -0.05) is 28.9 Å². The molecule has 2 heterocycles. The van der Waals surface area contributed by atoms with Crippen molar-refractivity contribution in [2.24, 2.45) is 0 Å². The highest BCUT2D eigenvalue weighted by atomic mass is 35.5. The van der Waals surface area contributed by atoms with Gasteiger partial charge in [0.15, 0.2) is 5.82 Å². The van der Waals surface area contributed by atoms with Crippen LogP contribution >= 0.6 is 11.6 Å². The van der Waals surface area contributed by atoms with E-state index < -0.39 is 0 Å². The number of aromatic nitrogens is 1. The van der Waals surface area contributed by atoms with Gasteiger partial charge in [0, 0.05) is 17.9 Å². The second kappa shape index (κ2) is 5.43. The van der Waals surface area contributed by atoms with Gasteiger partial charge in [-0.15, -0.1) is 0 Å². The van der Waals surface area contributed by atoms with E-state index in [9.17, 15) is 0 Å². The normalized spacial score (nSPS) is 10.8. The van der Waals surface area contributed by atoms with Crippen LogP contribution in [-0.4, -0.2) is 5.16 Å². The number of benzene rings is 1. The molecule has 0 spiro atoms. The second-order valence-electron chi connectivity index (χ2n) is 4.45. The SMILES string of the molecule is Nc1noc(CCc2ccco2)c1-c1ccc(Cl)cc1. The third-order valence-electron chi connectivity index (χ3n) is 3.10. The first-order valence-electron chi connectivity index (χ1n) is 6.26. The molecule has 3 rings (SSSR count). The number of nitrogen functional groups attached to an aromatic ring is 1. The zero-order valence-corrected chi connectivity index (χ0v) is 11.4. The number of aryl methyl sites for hydroxylation is 2. The van der Waals surface area contributed by atoms with Crippen molar-refractivity contribution in [3.05, 3.63) is 59.2 Å². The topological polar surface area (TPSA) is 65.2 Å². The molecule has 0 unspecified atom stereocenters. The summed E-state index contributed by atoms with van der Waals surface area (Å²) in [5.74, 6) is 2.05. The summed E-state index contributed by atoms with van der Waals surface area (Å²) in [7, 11) is 0. The zero-order chi connectivity index (χ0) is 13.9. The van der Waals surface area contributed by atoms with Crippen molar-refractivity contribution in [1.29, 1.82) is 0 Å². The van der Waals surface area contributed by atoms with Crippen molar-refractivity contribution < 1.29 is 8.94 Å². The highest BCUT2D eigenvalue weighted by molar-refractivity contribution is 6.30.